The van der Waals surface area contributed by atoms with E-state index >= 15 is 0 Å². The van der Waals surface area contributed by atoms with Gasteiger partial charge in [0, 0.05) is 17.9 Å². The second-order valence-corrected chi connectivity index (χ2v) is 7.57. The molecule has 7 heteroatoms. The SMILES string of the molecule is COc1cc(S(=O)(=O)NCC2CCCS2)ccc1N. The van der Waals surface area contributed by atoms with Gasteiger partial charge in [-0.3, -0.25) is 0 Å². The lowest BCUT2D eigenvalue weighted by Crippen LogP contribution is -2.29. The Balaban J connectivity index is 2.10. The van der Waals surface area contributed by atoms with E-state index in [1.54, 1.807) is 0 Å². The highest BCUT2D eigenvalue weighted by Crippen LogP contribution is 2.27. The number of hydrogen-bond donors (Lipinski definition) is 2. The molecule has 0 aromatic heterocycles. The molecule has 1 aliphatic rings. The van der Waals surface area contributed by atoms with E-state index in [4.69, 9.17) is 10.5 Å². The molecule has 2 rings (SSSR count). The molecule has 1 heterocycles. The molecule has 1 fully saturated rings. The van der Waals surface area contributed by atoms with Crippen molar-refractivity contribution in [3.63, 3.8) is 0 Å². The number of nitrogens with two attached hydrogens (primary N) is 1. The molecule has 1 aromatic carbocycles. The molecular formula is C12H18N2O3S2. The molecule has 0 amide bonds. The van der Waals surface area contributed by atoms with Gasteiger partial charge in [0.25, 0.3) is 0 Å². The highest BCUT2D eigenvalue weighted by atomic mass is 32.2. The molecule has 19 heavy (non-hydrogen) atoms. The molecule has 5 nitrogen and oxygen atoms in total. The van der Waals surface area contributed by atoms with E-state index in [0.717, 1.165) is 18.6 Å². The van der Waals surface area contributed by atoms with Crippen molar-refractivity contribution in [2.45, 2.75) is 23.0 Å². The fourth-order valence-corrected chi connectivity index (χ4v) is 4.35. The van der Waals surface area contributed by atoms with Gasteiger partial charge in [0.2, 0.25) is 10.0 Å². The van der Waals surface area contributed by atoms with Crippen LogP contribution in [0.5, 0.6) is 5.75 Å². The number of anilines is 1. The van der Waals surface area contributed by atoms with Crippen molar-refractivity contribution in [3.05, 3.63) is 18.2 Å². The molecule has 1 atom stereocenters. The fourth-order valence-electron chi connectivity index (χ4n) is 1.95. The molecule has 1 aliphatic heterocycles. The molecule has 1 unspecified atom stereocenters. The first-order chi connectivity index (χ1) is 9.03. The molecule has 0 spiro atoms. The first kappa shape index (κ1) is 14.5. The van der Waals surface area contributed by atoms with Crippen molar-refractivity contribution in [3.8, 4) is 5.75 Å². The summed E-state index contributed by atoms with van der Waals surface area (Å²) in [5, 5.41) is 0.380. The molecule has 1 saturated heterocycles. The molecule has 3 N–H and O–H groups in total. The molecular weight excluding hydrogens is 284 g/mol. The second kappa shape index (κ2) is 6.02. The maximum absolute atomic E-state index is 12.2. The molecule has 1 aromatic rings. The summed E-state index contributed by atoms with van der Waals surface area (Å²) in [6, 6.07) is 4.47. The standard InChI is InChI=1S/C12H18N2O3S2/c1-17-12-7-10(4-5-11(12)13)19(15,16)14-8-9-3-2-6-18-9/h4-5,7,9,14H,2-3,6,8,13H2,1H3. The zero-order chi connectivity index (χ0) is 13.9. The maximum Gasteiger partial charge on any atom is 0.240 e. The van der Waals surface area contributed by atoms with Gasteiger partial charge >= 0.3 is 0 Å². The third-order valence-corrected chi connectivity index (χ3v) is 5.86. The minimum atomic E-state index is -3.50. The summed E-state index contributed by atoms with van der Waals surface area (Å²) in [5.41, 5.74) is 6.10. The van der Waals surface area contributed by atoms with E-state index < -0.39 is 10.0 Å². The molecule has 0 saturated carbocycles. The number of sulfonamides is 1. The van der Waals surface area contributed by atoms with Crippen molar-refractivity contribution in [1.29, 1.82) is 0 Å². The van der Waals surface area contributed by atoms with E-state index in [1.807, 2.05) is 11.8 Å². The summed E-state index contributed by atoms with van der Waals surface area (Å²) < 4.78 is 32.0. The minimum absolute atomic E-state index is 0.182. The fraction of sp³-hybridized carbons (Fsp3) is 0.500. The first-order valence-corrected chi connectivity index (χ1v) is 8.61. The maximum atomic E-state index is 12.2. The van der Waals surface area contributed by atoms with Gasteiger partial charge < -0.3 is 10.5 Å². The summed E-state index contributed by atoms with van der Waals surface area (Å²) in [6.45, 7) is 0.472. The Morgan fingerprint density at radius 3 is 2.95 bits per heavy atom. The second-order valence-electron chi connectivity index (χ2n) is 4.39. The van der Waals surface area contributed by atoms with Crippen molar-refractivity contribution in [1.82, 2.24) is 4.72 Å². The highest BCUT2D eigenvalue weighted by Gasteiger charge is 2.20. The van der Waals surface area contributed by atoms with Crippen LogP contribution in [-0.4, -0.2) is 33.1 Å². The summed E-state index contributed by atoms with van der Waals surface area (Å²) in [7, 11) is -2.03. The molecule has 0 radical (unpaired) electrons. The summed E-state index contributed by atoms with van der Waals surface area (Å²) >= 11 is 1.82. The lowest BCUT2D eigenvalue weighted by atomic mass is 10.2. The Morgan fingerprint density at radius 1 is 1.53 bits per heavy atom. The average Bonchev–Trinajstić information content (AvgIpc) is 2.90. The minimum Gasteiger partial charge on any atom is -0.495 e. The van der Waals surface area contributed by atoms with Crippen LogP contribution >= 0.6 is 11.8 Å². The van der Waals surface area contributed by atoms with Gasteiger partial charge in [0.1, 0.15) is 5.75 Å². The Morgan fingerprint density at radius 2 is 2.32 bits per heavy atom. The van der Waals surface area contributed by atoms with Crippen LogP contribution in [0, 0.1) is 0 Å². The van der Waals surface area contributed by atoms with Crippen LogP contribution in [0.4, 0.5) is 5.69 Å². The van der Waals surface area contributed by atoms with Gasteiger partial charge in [-0.05, 0) is 30.7 Å². The Kier molecular flexibility index (Phi) is 4.59. The van der Waals surface area contributed by atoms with Crippen molar-refractivity contribution >= 4 is 27.5 Å². The van der Waals surface area contributed by atoms with Crippen LogP contribution in [0.25, 0.3) is 0 Å². The van der Waals surface area contributed by atoms with Crippen molar-refractivity contribution < 1.29 is 13.2 Å². The van der Waals surface area contributed by atoms with Crippen molar-refractivity contribution in [2.75, 3.05) is 25.1 Å². The number of nitrogens with one attached hydrogen (secondary N) is 1. The lowest BCUT2D eigenvalue weighted by Gasteiger charge is -2.12. The van der Waals surface area contributed by atoms with Gasteiger partial charge in [-0.15, -0.1) is 0 Å². The molecule has 106 valence electrons. The quantitative estimate of drug-likeness (QED) is 0.805. The topological polar surface area (TPSA) is 81.4 Å². The Labute approximate surface area is 118 Å². The predicted octanol–water partition coefficient (Wildman–Crippen LogP) is 1.45. The summed E-state index contributed by atoms with van der Waals surface area (Å²) in [4.78, 5) is 0.182. The third-order valence-electron chi connectivity index (χ3n) is 3.04. The van der Waals surface area contributed by atoms with Crippen molar-refractivity contribution in [2.24, 2.45) is 0 Å². The number of hydrogen-bond acceptors (Lipinski definition) is 5. The van der Waals surface area contributed by atoms with Crippen LogP contribution in [0.15, 0.2) is 23.1 Å². The smallest absolute Gasteiger partial charge is 0.240 e. The molecule has 0 bridgehead atoms. The van der Waals surface area contributed by atoms with E-state index in [2.05, 4.69) is 4.72 Å². The first-order valence-electron chi connectivity index (χ1n) is 6.08. The highest BCUT2D eigenvalue weighted by molar-refractivity contribution is 8.00. The van der Waals surface area contributed by atoms with E-state index in [1.165, 1.54) is 25.3 Å². The summed E-state index contributed by atoms with van der Waals surface area (Å²) in [5.74, 6) is 1.49. The summed E-state index contributed by atoms with van der Waals surface area (Å²) in [6.07, 6.45) is 2.23. The average molecular weight is 302 g/mol. The van der Waals surface area contributed by atoms with Gasteiger partial charge in [-0.1, -0.05) is 0 Å². The number of nitrogen functional groups attached to an aromatic ring is 1. The van der Waals surface area contributed by atoms with E-state index in [9.17, 15) is 8.42 Å². The third kappa shape index (κ3) is 3.55. The lowest BCUT2D eigenvalue weighted by molar-refractivity contribution is 0.415. The van der Waals surface area contributed by atoms with E-state index in [-0.39, 0.29) is 4.90 Å². The zero-order valence-electron chi connectivity index (χ0n) is 10.8. The van der Waals surface area contributed by atoms with Crippen LogP contribution in [-0.2, 0) is 10.0 Å². The Bertz CT molecular complexity index is 540. The van der Waals surface area contributed by atoms with E-state index in [0.29, 0.717) is 23.2 Å². The number of ether oxygens (including phenoxy) is 1. The number of methoxy groups -OCH3 is 1. The number of rotatable bonds is 5. The monoisotopic (exact) mass is 302 g/mol. The normalized spacial score (nSPS) is 19.5. The van der Waals surface area contributed by atoms with Crippen LogP contribution in [0.1, 0.15) is 12.8 Å². The zero-order valence-corrected chi connectivity index (χ0v) is 12.4. The van der Waals surface area contributed by atoms with Gasteiger partial charge in [-0.25, -0.2) is 13.1 Å². The van der Waals surface area contributed by atoms with Crippen LogP contribution in [0.2, 0.25) is 0 Å². The van der Waals surface area contributed by atoms with Crippen LogP contribution < -0.4 is 15.2 Å². The number of benzene rings is 1. The van der Waals surface area contributed by atoms with Crippen LogP contribution in [0.3, 0.4) is 0 Å². The predicted molar refractivity (Wildman–Crippen MR) is 78.1 cm³/mol. The van der Waals surface area contributed by atoms with Gasteiger partial charge in [0.15, 0.2) is 0 Å². The molecule has 0 aliphatic carbocycles. The van der Waals surface area contributed by atoms with Gasteiger partial charge in [-0.2, -0.15) is 11.8 Å². The van der Waals surface area contributed by atoms with Gasteiger partial charge in [0.05, 0.1) is 17.7 Å². The largest absolute Gasteiger partial charge is 0.495 e. The number of thioether (sulfide) groups is 1. The Hall–Kier alpha value is -0.920.